The predicted octanol–water partition coefficient (Wildman–Crippen LogP) is 3.70. The highest BCUT2D eigenvalue weighted by Crippen LogP contribution is 2.37. The summed E-state index contributed by atoms with van der Waals surface area (Å²) in [5.41, 5.74) is 11.8. The van der Waals surface area contributed by atoms with Gasteiger partial charge >= 0.3 is 0 Å². The van der Waals surface area contributed by atoms with Gasteiger partial charge in [-0.25, -0.2) is 4.68 Å². The largest absolute Gasteiger partial charge is 0.332 e. The molecule has 27 heavy (non-hydrogen) atoms. The van der Waals surface area contributed by atoms with E-state index in [2.05, 4.69) is 46.0 Å². The van der Waals surface area contributed by atoms with Gasteiger partial charge in [0.1, 0.15) is 0 Å². The predicted molar refractivity (Wildman–Crippen MR) is 103 cm³/mol. The monoisotopic (exact) mass is 363 g/mol. The van der Waals surface area contributed by atoms with Crippen LogP contribution < -0.4 is 5.73 Å². The van der Waals surface area contributed by atoms with Gasteiger partial charge < -0.3 is 10.3 Å². The second kappa shape index (κ2) is 6.30. The van der Waals surface area contributed by atoms with Crippen molar-refractivity contribution in [3.8, 4) is 17.3 Å². The Hall–Kier alpha value is -2.47. The van der Waals surface area contributed by atoms with Crippen molar-refractivity contribution >= 4 is 0 Å². The first kappa shape index (κ1) is 16.7. The Bertz CT molecular complexity index is 963. The van der Waals surface area contributed by atoms with Crippen LogP contribution in [0.5, 0.6) is 0 Å². The number of rotatable bonds is 4. The Balaban J connectivity index is 1.55. The topological polar surface area (TPSA) is 82.8 Å². The zero-order chi connectivity index (χ0) is 18.4. The Labute approximate surface area is 158 Å². The summed E-state index contributed by atoms with van der Waals surface area (Å²) in [6.07, 6.45) is 8.28. The lowest BCUT2D eigenvalue weighted by molar-refractivity contribution is 0.372. The average molecular weight is 363 g/mol. The molecule has 0 unspecified atom stereocenters. The molecule has 3 aromatic rings. The quantitative estimate of drug-likeness (QED) is 0.764. The molecular weight excluding hydrogens is 338 g/mol. The van der Waals surface area contributed by atoms with E-state index >= 15 is 0 Å². The third-order valence-corrected chi connectivity index (χ3v) is 6.09. The first-order valence-corrected chi connectivity index (χ1v) is 10.0. The number of hydrogen-bond donors (Lipinski definition) is 1. The maximum Gasteiger partial charge on any atom is 0.278 e. The number of nitrogens with zero attached hydrogens (tertiary/aromatic N) is 4. The lowest BCUT2D eigenvalue weighted by Crippen LogP contribution is -2.34. The molecule has 0 spiro atoms. The standard InChI is InChI=1S/C21H25N5O/c1-2-14-8-10-15(11-9-14)26-17-7-5-6-16(17)18(24-26)19-23-20(25-27-19)21(22)12-3-4-13-21/h8-11H,2-7,12-13,22H2,1H3. The molecule has 6 nitrogen and oxygen atoms in total. The molecule has 1 saturated carbocycles. The van der Waals surface area contributed by atoms with Crippen LogP contribution in [-0.4, -0.2) is 19.9 Å². The van der Waals surface area contributed by atoms with Crippen LogP contribution in [0.1, 0.15) is 61.7 Å². The van der Waals surface area contributed by atoms with Crippen molar-refractivity contribution in [2.45, 2.75) is 63.8 Å². The van der Waals surface area contributed by atoms with Gasteiger partial charge in [-0.2, -0.15) is 10.1 Å². The number of aryl methyl sites for hydroxylation is 1. The fourth-order valence-electron chi connectivity index (χ4n) is 4.45. The van der Waals surface area contributed by atoms with Gasteiger partial charge in [0.2, 0.25) is 0 Å². The summed E-state index contributed by atoms with van der Waals surface area (Å²) >= 11 is 0. The summed E-state index contributed by atoms with van der Waals surface area (Å²) < 4.78 is 7.67. The van der Waals surface area contributed by atoms with E-state index in [4.69, 9.17) is 15.4 Å². The van der Waals surface area contributed by atoms with Crippen LogP contribution in [0.3, 0.4) is 0 Å². The number of fused-ring (bicyclic) bond motifs is 1. The number of aromatic nitrogens is 4. The molecule has 2 aromatic heterocycles. The van der Waals surface area contributed by atoms with Crippen molar-refractivity contribution in [3.05, 3.63) is 46.9 Å². The summed E-state index contributed by atoms with van der Waals surface area (Å²) in [4.78, 5) is 4.67. The maximum atomic E-state index is 6.50. The Kier molecular flexibility index (Phi) is 3.90. The van der Waals surface area contributed by atoms with Crippen molar-refractivity contribution in [2.24, 2.45) is 5.73 Å². The first-order chi connectivity index (χ1) is 13.2. The van der Waals surface area contributed by atoms with Gasteiger partial charge in [0.15, 0.2) is 11.5 Å². The van der Waals surface area contributed by atoms with Crippen LogP contribution >= 0.6 is 0 Å². The number of nitrogens with two attached hydrogens (primary N) is 1. The molecule has 0 saturated heterocycles. The summed E-state index contributed by atoms with van der Waals surface area (Å²) in [7, 11) is 0. The van der Waals surface area contributed by atoms with E-state index in [1.165, 1.54) is 16.8 Å². The molecule has 5 rings (SSSR count). The highest BCUT2D eigenvalue weighted by atomic mass is 16.5. The third kappa shape index (κ3) is 2.70. The second-order valence-electron chi connectivity index (χ2n) is 7.85. The van der Waals surface area contributed by atoms with Gasteiger partial charge in [0.05, 0.1) is 11.2 Å². The van der Waals surface area contributed by atoms with Gasteiger partial charge in [0, 0.05) is 11.3 Å². The summed E-state index contributed by atoms with van der Waals surface area (Å²) in [6.45, 7) is 2.17. The minimum absolute atomic E-state index is 0.441. The third-order valence-electron chi connectivity index (χ3n) is 6.09. The molecule has 0 aliphatic heterocycles. The zero-order valence-corrected chi connectivity index (χ0v) is 15.7. The molecule has 1 fully saturated rings. The van der Waals surface area contributed by atoms with Crippen molar-refractivity contribution < 1.29 is 4.52 Å². The van der Waals surface area contributed by atoms with Crippen LogP contribution in [0.15, 0.2) is 28.8 Å². The lowest BCUT2D eigenvalue weighted by Gasteiger charge is -2.17. The van der Waals surface area contributed by atoms with Gasteiger partial charge in [-0.3, -0.25) is 0 Å². The maximum absolute atomic E-state index is 6.50. The van der Waals surface area contributed by atoms with Crippen molar-refractivity contribution in [1.29, 1.82) is 0 Å². The van der Waals surface area contributed by atoms with Gasteiger partial charge in [-0.1, -0.05) is 37.1 Å². The highest BCUT2D eigenvalue weighted by molar-refractivity contribution is 5.58. The van der Waals surface area contributed by atoms with E-state index in [1.54, 1.807) is 0 Å². The Morgan fingerprint density at radius 2 is 1.89 bits per heavy atom. The Morgan fingerprint density at radius 1 is 1.11 bits per heavy atom. The molecule has 140 valence electrons. The number of benzene rings is 1. The van der Waals surface area contributed by atoms with Crippen LogP contribution in [0.4, 0.5) is 0 Å². The Morgan fingerprint density at radius 3 is 2.63 bits per heavy atom. The minimum atomic E-state index is -0.441. The summed E-state index contributed by atoms with van der Waals surface area (Å²) in [6, 6.07) is 8.62. The fourth-order valence-corrected chi connectivity index (χ4v) is 4.45. The van der Waals surface area contributed by atoms with Crippen molar-refractivity contribution in [2.75, 3.05) is 0 Å². The molecule has 0 amide bonds. The van der Waals surface area contributed by atoms with Gasteiger partial charge in [0.25, 0.3) is 5.89 Å². The highest BCUT2D eigenvalue weighted by Gasteiger charge is 2.37. The lowest BCUT2D eigenvalue weighted by atomic mass is 9.99. The van der Waals surface area contributed by atoms with E-state index in [0.717, 1.165) is 62.7 Å². The van der Waals surface area contributed by atoms with E-state index in [0.29, 0.717) is 11.7 Å². The zero-order valence-electron chi connectivity index (χ0n) is 15.7. The first-order valence-electron chi connectivity index (χ1n) is 10.0. The summed E-state index contributed by atoms with van der Waals surface area (Å²) in [5, 5.41) is 9.09. The molecule has 2 N–H and O–H groups in total. The molecule has 0 atom stereocenters. The molecule has 6 heteroatoms. The molecule has 2 heterocycles. The van der Waals surface area contributed by atoms with Gasteiger partial charge in [-0.15, -0.1) is 0 Å². The van der Waals surface area contributed by atoms with Crippen molar-refractivity contribution in [3.63, 3.8) is 0 Å². The molecule has 1 aromatic carbocycles. The molecular formula is C21H25N5O. The van der Waals surface area contributed by atoms with E-state index < -0.39 is 5.54 Å². The van der Waals surface area contributed by atoms with Gasteiger partial charge in [-0.05, 0) is 56.2 Å². The molecule has 0 radical (unpaired) electrons. The SMILES string of the molecule is CCc1ccc(-n2nc(-c3nc(C4(N)CCCC4)no3)c3c2CCC3)cc1. The van der Waals surface area contributed by atoms with E-state index in [9.17, 15) is 0 Å². The minimum Gasteiger partial charge on any atom is -0.332 e. The fraction of sp³-hybridized carbons (Fsp3) is 0.476. The summed E-state index contributed by atoms with van der Waals surface area (Å²) in [5.74, 6) is 1.13. The number of hydrogen-bond acceptors (Lipinski definition) is 5. The average Bonchev–Trinajstić information content (AvgIpc) is 3.45. The van der Waals surface area contributed by atoms with E-state index in [-0.39, 0.29) is 0 Å². The van der Waals surface area contributed by atoms with Crippen LogP contribution in [0, 0.1) is 0 Å². The van der Waals surface area contributed by atoms with Crippen LogP contribution in [0.25, 0.3) is 17.3 Å². The second-order valence-corrected chi connectivity index (χ2v) is 7.85. The smallest absolute Gasteiger partial charge is 0.278 e. The van der Waals surface area contributed by atoms with E-state index in [1.807, 2.05) is 0 Å². The van der Waals surface area contributed by atoms with Crippen LogP contribution in [-0.2, 0) is 24.8 Å². The molecule has 0 bridgehead atoms. The molecule has 2 aliphatic rings. The van der Waals surface area contributed by atoms with Crippen molar-refractivity contribution in [1.82, 2.24) is 19.9 Å². The van der Waals surface area contributed by atoms with Crippen LogP contribution in [0.2, 0.25) is 0 Å². The molecule has 2 aliphatic carbocycles. The normalized spacial score (nSPS) is 18.1.